The summed E-state index contributed by atoms with van der Waals surface area (Å²) in [6, 6.07) is 0. The van der Waals surface area contributed by atoms with Gasteiger partial charge >= 0.3 is 0 Å². The average Bonchev–Trinajstić information content (AvgIpc) is 1.71. The van der Waals surface area contributed by atoms with Crippen molar-refractivity contribution >= 4 is 0 Å². The highest BCUT2D eigenvalue weighted by molar-refractivity contribution is 4.74. The molecule has 2 nitrogen and oxygen atoms in total. The van der Waals surface area contributed by atoms with Crippen LogP contribution in [-0.4, -0.2) is 23.4 Å². The minimum atomic E-state index is 0.163. The molecule has 0 rings (SSSR count). The Morgan fingerprint density at radius 2 is 1.75 bits per heavy atom. The molecule has 0 saturated carbocycles. The third kappa shape index (κ3) is 44.6. The standard InChI is InChI=1S/C4H8O.C2H6O/c1-2-3-4-5;1-2-3/h2-3,5H,4H2,1H3;3H,2H2,1H3/b3-2+;. The minimum absolute atomic E-state index is 0.163. The van der Waals surface area contributed by atoms with Gasteiger partial charge in [0.05, 0.1) is 6.61 Å². The molecule has 0 aliphatic heterocycles. The number of aliphatic hydroxyl groups excluding tert-OH is 2. The fourth-order valence-electron chi connectivity index (χ4n) is 0.105. The molecule has 50 valence electrons. The molecule has 2 heteroatoms. The van der Waals surface area contributed by atoms with Crippen LogP contribution in [0.3, 0.4) is 0 Å². The molecular weight excluding hydrogens is 104 g/mol. The maximum atomic E-state index is 7.98. The molecule has 0 radical (unpaired) electrons. The lowest BCUT2D eigenvalue weighted by molar-refractivity contribution is 0.318. The fourth-order valence-corrected chi connectivity index (χ4v) is 0.105. The second-order valence-corrected chi connectivity index (χ2v) is 1.07. The van der Waals surface area contributed by atoms with Gasteiger partial charge in [-0.25, -0.2) is 0 Å². The lowest BCUT2D eigenvalue weighted by Gasteiger charge is -1.66. The zero-order valence-electron chi connectivity index (χ0n) is 5.46. The second kappa shape index (κ2) is 15.9. The predicted octanol–water partition coefficient (Wildman–Crippen LogP) is 0.553. The molecule has 0 spiro atoms. The summed E-state index contributed by atoms with van der Waals surface area (Å²) < 4.78 is 0. The number of hydrogen-bond acceptors (Lipinski definition) is 2. The number of allylic oxidation sites excluding steroid dienone is 1. The van der Waals surface area contributed by atoms with Crippen molar-refractivity contribution in [3.8, 4) is 0 Å². The van der Waals surface area contributed by atoms with Gasteiger partial charge in [-0.2, -0.15) is 0 Å². The van der Waals surface area contributed by atoms with Crippen molar-refractivity contribution in [1.82, 2.24) is 0 Å². The van der Waals surface area contributed by atoms with Crippen LogP contribution < -0.4 is 0 Å². The fraction of sp³-hybridized carbons (Fsp3) is 0.667. The summed E-state index contributed by atoms with van der Waals surface area (Å²) in [4.78, 5) is 0. The van der Waals surface area contributed by atoms with Gasteiger partial charge in [-0.3, -0.25) is 0 Å². The van der Waals surface area contributed by atoms with Crippen LogP contribution in [0.4, 0.5) is 0 Å². The van der Waals surface area contributed by atoms with E-state index in [1.165, 1.54) is 0 Å². The highest BCUT2D eigenvalue weighted by atomic mass is 16.3. The van der Waals surface area contributed by atoms with Crippen LogP contribution in [-0.2, 0) is 0 Å². The van der Waals surface area contributed by atoms with E-state index in [2.05, 4.69) is 0 Å². The Bertz CT molecular complexity index is 41.8. The van der Waals surface area contributed by atoms with Gasteiger partial charge in [-0.1, -0.05) is 12.2 Å². The molecule has 0 amide bonds. The van der Waals surface area contributed by atoms with Gasteiger partial charge in [0, 0.05) is 6.61 Å². The van der Waals surface area contributed by atoms with Gasteiger partial charge in [-0.15, -0.1) is 0 Å². The van der Waals surface area contributed by atoms with E-state index in [1.807, 2.05) is 6.92 Å². The average molecular weight is 118 g/mol. The lowest BCUT2D eigenvalue weighted by Crippen LogP contribution is -1.65. The van der Waals surface area contributed by atoms with Crippen molar-refractivity contribution < 1.29 is 10.2 Å². The van der Waals surface area contributed by atoms with E-state index in [0.717, 1.165) is 0 Å². The Balaban J connectivity index is 0. The molecule has 0 aromatic rings. The van der Waals surface area contributed by atoms with Crippen molar-refractivity contribution in [2.24, 2.45) is 0 Å². The molecule has 0 aliphatic carbocycles. The van der Waals surface area contributed by atoms with Crippen molar-refractivity contribution in [2.75, 3.05) is 13.2 Å². The maximum absolute atomic E-state index is 7.98. The molecule has 0 unspecified atom stereocenters. The van der Waals surface area contributed by atoms with Crippen LogP contribution in [0.25, 0.3) is 0 Å². The third-order valence-corrected chi connectivity index (χ3v) is 0.341. The van der Waals surface area contributed by atoms with E-state index in [1.54, 1.807) is 19.1 Å². The number of aliphatic hydroxyl groups is 2. The summed E-state index contributed by atoms with van der Waals surface area (Å²) in [6.07, 6.45) is 3.49. The molecule has 0 saturated heterocycles. The first-order chi connectivity index (χ1) is 3.83. The zero-order chi connectivity index (χ0) is 6.83. The Labute approximate surface area is 50.5 Å². The van der Waals surface area contributed by atoms with Crippen molar-refractivity contribution in [1.29, 1.82) is 0 Å². The van der Waals surface area contributed by atoms with Crippen LogP contribution in [0.2, 0.25) is 0 Å². The van der Waals surface area contributed by atoms with Crippen molar-refractivity contribution in [3.05, 3.63) is 12.2 Å². The molecule has 0 heterocycles. The quantitative estimate of drug-likeness (QED) is 0.494. The van der Waals surface area contributed by atoms with E-state index in [9.17, 15) is 0 Å². The van der Waals surface area contributed by atoms with E-state index in [-0.39, 0.29) is 13.2 Å². The molecule has 0 aliphatic rings. The van der Waals surface area contributed by atoms with Crippen LogP contribution in [0.5, 0.6) is 0 Å². The van der Waals surface area contributed by atoms with Gasteiger partial charge in [0.25, 0.3) is 0 Å². The third-order valence-electron chi connectivity index (χ3n) is 0.341. The number of rotatable bonds is 1. The monoisotopic (exact) mass is 118 g/mol. The van der Waals surface area contributed by atoms with E-state index < -0.39 is 0 Å². The Hall–Kier alpha value is -0.340. The van der Waals surface area contributed by atoms with Crippen LogP contribution in [0, 0.1) is 0 Å². The summed E-state index contributed by atoms with van der Waals surface area (Å²) in [5.74, 6) is 0. The maximum Gasteiger partial charge on any atom is 0.0612 e. The molecule has 0 atom stereocenters. The van der Waals surface area contributed by atoms with E-state index >= 15 is 0 Å². The molecule has 2 N–H and O–H groups in total. The van der Waals surface area contributed by atoms with Gasteiger partial charge in [-0.05, 0) is 13.8 Å². The highest BCUT2D eigenvalue weighted by Crippen LogP contribution is 1.60. The SMILES string of the molecule is C/C=C/CO.CCO. The van der Waals surface area contributed by atoms with Crippen LogP contribution in [0.1, 0.15) is 13.8 Å². The van der Waals surface area contributed by atoms with Gasteiger partial charge in [0.15, 0.2) is 0 Å². The van der Waals surface area contributed by atoms with Gasteiger partial charge < -0.3 is 10.2 Å². The Kier molecular flexibility index (Phi) is 21.1. The van der Waals surface area contributed by atoms with Crippen LogP contribution >= 0.6 is 0 Å². The summed E-state index contributed by atoms with van der Waals surface area (Å²) in [7, 11) is 0. The summed E-state index contributed by atoms with van der Waals surface area (Å²) in [5.41, 5.74) is 0. The van der Waals surface area contributed by atoms with E-state index in [4.69, 9.17) is 10.2 Å². The predicted molar refractivity (Wildman–Crippen MR) is 34.7 cm³/mol. The molecule has 8 heavy (non-hydrogen) atoms. The first-order valence-electron chi connectivity index (χ1n) is 2.66. The Morgan fingerprint density at radius 3 is 1.75 bits per heavy atom. The Morgan fingerprint density at radius 1 is 1.38 bits per heavy atom. The van der Waals surface area contributed by atoms with Gasteiger partial charge in [0.2, 0.25) is 0 Å². The molecule has 0 aromatic carbocycles. The summed E-state index contributed by atoms with van der Waals surface area (Å²) in [5, 5.41) is 15.5. The largest absolute Gasteiger partial charge is 0.397 e. The first-order valence-corrected chi connectivity index (χ1v) is 2.66. The van der Waals surface area contributed by atoms with Gasteiger partial charge in [0.1, 0.15) is 0 Å². The highest BCUT2D eigenvalue weighted by Gasteiger charge is 1.52. The smallest absolute Gasteiger partial charge is 0.0612 e. The zero-order valence-corrected chi connectivity index (χ0v) is 5.46. The summed E-state index contributed by atoms with van der Waals surface area (Å²) in [6.45, 7) is 3.96. The van der Waals surface area contributed by atoms with Crippen molar-refractivity contribution in [3.63, 3.8) is 0 Å². The van der Waals surface area contributed by atoms with E-state index in [0.29, 0.717) is 0 Å². The lowest BCUT2D eigenvalue weighted by atomic mass is 10.6. The first kappa shape index (κ1) is 10.6. The molecule has 0 fully saturated rings. The second-order valence-electron chi connectivity index (χ2n) is 1.07. The number of hydrogen-bond donors (Lipinski definition) is 2. The normalized spacial score (nSPS) is 8.50. The summed E-state index contributed by atoms with van der Waals surface area (Å²) >= 11 is 0. The molecular formula is C6H14O2. The minimum Gasteiger partial charge on any atom is -0.397 e. The topological polar surface area (TPSA) is 40.5 Å². The van der Waals surface area contributed by atoms with Crippen molar-refractivity contribution in [2.45, 2.75) is 13.8 Å². The molecule has 0 bridgehead atoms. The van der Waals surface area contributed by atoms with Crippen LogP contribution in [0.15, 0.2) is 12.2 Å². The molecule has 0 aromatic heterocycles.